The Kier molecular flexibility index (Phi) is 6.42. The van der Waals surface area contributed by atoms with Crippen LogP contribution >= 0.6 is 0 Å². The van der Waals surface area contributed by atoms with Crippen molar-refractivity contribution in [3.05, 3.63) is 29.8 Å². The number of nitrogens with one attached hydrogen (secondary N) is 1. The number of nitrogens with two attached hydrogens (primary N) is 1. The standard InChI is InChI=1S/C19H27F3N2O2/c20-19(21,22)26-16-4-1-3-14(11-16)13-6-8-15(9-7-13)25-12-18-17(23)5-2-10-24-18/h1,3-4,11,13,15,17-18,24H,2,5-10,12,23H2/t13-,15+,17?,18-/m0/s1. The van der Waals surface area contributed by atoms with Crippen molar-refractivity contribution in [3.63, 3.8) is 0 Å². The van der Waals surface area contributed by atoms with Crippen LogP contribution in [0.2, 0.25) is 0 Å². The SMILES string of the molecule is NC1CCCN[C@H]1CO[C@H]1CC[C@@H](c2cccc(OC(F)(F)F)c2)CC1. The predicted octanol–water partition coefficient (Wildman–Crippen LogP) is 3.71. The van der Waals surface area contributed by atoms with Gasteiger partial charge >= 0.3 is 6.36 Å². The zero-order chi connectivity index (χ0) is 18.6. The summed E-state index contributed by atoms with van der Waals surface area (Å²) < 4.78 is 47.2. The Balaban J connectivity index is 1.47. The number of hydrogen-bond donors (Lipinski definition) is 2. The second-order valence-electron chi connectivity index (χ2n) is 7.29. The van der Waals surface area contributed by atoms with Crippen molar-refractivity contribution < 1.29 is 22.6 Å². The van der Waals surface area contributed by atoms with Crippen LogP contribution < -0.4 is 15.8 Å². The number of ether oxygens (including phenoxy) is 2. The first kappa shape index (κ1) is 19.5. The average Bonchev–Trinajstić information content (AvgIpc) is 2.60. The lowest BCUT2D eigenvalue weighted by atomic mass is 9.82. The Morgan fingerprint density at radius 1 is 1.12 bits per heavy atom. The van der Waals surface area contributed by atoms with E-state index < -0.39 is 6.36 Å². The zero-order valence-electron chi connectivity index (χ0n) is 14.8. The van der Waals surface area contributed by atoms with E-state index in [-0.39, 0.29) is 29.9 Å². The molecule has 26 heavy (non-hydrogen) atoms. The van der Waals surface area contributed by atoms with E-state index >= 15 is 0 Å². The van der Waals surface area contributed by atoms with E-state index in [1.54, 1.807) is 6.07 Å². The van der Waals surface area contributed by atoms with Gasteiger partial charge in [-0.3, -0.25) is 0 Å². The first-order chi connectivity index (χ1) is 12.4. The summed E-state index contributed by atoms with van der Waals surface area (Å²) in [4.78, 5) is 0. The fourth-order valence-corrected chi connectivity index (χ4v) is 3.93. The molecule has 4 nitrogen and oxygen atoms in total. The minimum absolute atomic E-state index is 0.147. The van der Waals surface area contributed by atoms with Crippen LogP contribution in [0.4, 0.5) is 13.2 Å². The molecule has 0 radical (unpaired) electrons. The molecular weight excluding hydrogens is 345 g/mol. The summed E-state index contributed by atoms with van der Waals surface area (Å²) in [6.07, 6.45) is 1.33. The number of rotatable bonds is 5. The molecule has 1 heterocycles. The van der Waals surface area contributed by atoms with Crippen LogP contribution in [0.5, 0.6) is 5.75 Å². The first-order valence-corrected chi connectivity index (χ1v) is 9.37. The van der Waals surface area contributed by atoms with Crippen LogP contribution in [-0.2, 0) is 4.74 Å². The molecule has 7 heteroatoms. The summed E-state index contributed by atoms with van der Waals surface area (Å²) in [7, 11) is 0. The van der Waals surface area contributed by atoms with Crippen molar-refractivity contribution in [3.8, 4) is 5.75 Å². The van der Waals surface area contributed by atoms with E-state index in [0.717, 1.165) is 50.6 Å². The molecule has 1 unspecified atom stereocenters. The summed E-state index contributed by atoms with van der Waals surface area (Å²) in [6, 6.07) is 6.71. The summed E-state index contributed by atoms with van der Waals surface area (Å²) >= 11 is 0. The van der Waals surface area contributed by atoms with Gasteiger partial charge in [-0.25, -0.2) is 0 Å². The normalized spacial score (nSPS) is 30.2. The lowest BCUT2D eigenvalue weighted by molar-refractivity contribution is -0.274. The summed E-state index contributed by atoms with van der Waals surface area (Å²) in [5.41, 5.74) is 7.02. The van der Waals surface area contributed by atoms with E-state index in [2.05, 4.69) is 10.1 Å². The molecule has 1 aromatic rings. The quantitative estimate of drug-likeness (QED) is 0.827. The highest BCUT2D eigenvalue weighted by atomic mass is 19.4. The molecule has 146 valence electrons. The Hall–Kier alpha value is -1.31. The van der Waals surface area contributed by atoms with Crippen molar-refractivity contribution in [1.29, 1.82) is 0 Å². The van der Waals surface area contributed by atoms with Gasteiger partial charge in [0.25, 0.3) is 0 Å². The third-order valence-electron chi connectivity index (χ3n) is 5.39. The molecule has 1 aromatic carbocycles. The van der Waals surface area contributed by atoms with Crippen LogP contribution in [-0.4, -0.2) is 37.7 Å². The largest absolute Gasteiger partial charge is 0.573 e. The van der Waals surface area contributed by atoms with Crippen LogP contribution in [0.1, 0.15) is 50.0 Å². The van der Waals surface area contributed by atoms with Gasteiger partial charge in [0.15, 0.2) is 0 Å². The van der Waals surface area contributed by atoms with E-state index in [4.69, 9.17) is 10.5 Å². The van der Waals surface area contributed by atoms with Gasteiger partial charge in [-0.1, -0.05) is 12.1 Å². The molecule has 3 N–H and O–H groups in total. The molecule has 1 saturated heterocycles. The highest BCUT2D eigenvalue weighted by Crippen LogP contribution is 2.36. The topological polar surface area (TPSA) is 56.5 Å². The van der Waals surface area contributed by atoms with Gasteiger partial charge in [-0.15, -0.1) is 13.2 Å². The maximum absolute atomic E-state index is 12.4. The van der Waals surface area contributed by atoms with E-state index in [9.17, 15) is 13.2 Å². The molecule has 0 bridgehead atoms. The van der Waals surface area contributed by atoms with Gasteiger partial charge in [-0.05, 0) is 68.7 Å². The average molecular weight is 372 g/mol. The van der Waals surface area contributed by atoms with Crippen LogP contribution in [0, 0.1) is 0 Å². The van der Waals surface area contributed by atoms with Crippen molar-refractivity contribution >= 4 is 0 Å². The highest BCUT2D eigenvalue weighted by Gasteiger charge is 2.31. The van der Waals surface area contributed by atoms with E-state index in [0.29, 0.717) is 6.61 Å². The molecular formula is C19H27F3N2O2. The first-order valence-electron chi connectivity index (χ1n) is 9.37. The molecule has 0 spiro atoms. The molecule has 2 aliphatic rings. The maximum Gasteiger partial charge on any atom is 0.573 e. The fourth-order valence-electron chi connectivity index (χ4n) is 3.93. The minimum Gasteiger partial charge on any atom is -0.406 e. The van der Waals surface area contributed by atoms with Crippen molar-refractivity contribution in [2.75, 3.05) is 13.2 Å². The number of benzene rings is 1. The number of alkyl halides is 3. The molecule has 1 aliphatic carbocycles. The van der Waals surface area contributed by atoms with Crippen molar-refractivity contribution in [1.82, 2.24) is 5.32 Å². The number of hydrogen-bond acceptors (Lipinski definition) is 4. The third kappa shape index (κ3) is 5.59. The molecule has 3 rings (SSSR count). The molecule has 1 saturated carbocycles. The van der Waals surface area contributed by atoms with Crippen LogP contribution in [0.25, 0.3) is 0 Å². The van der Waals surface area contributed by atoms with Gasteiger partial charge < -0.3 is 20.5 Å². The van der Waals surface area contributed by atoms with Gasteiger partial charge in [0.05, 0.1) is 12.7 Å². The second kappa shape index (κ2) is 8.59. The summed E-state index contributed by atoms with van der Waals surface area (Å²) in [6.45, 7) is 1.62. The van der Waals surface area contributed by atoms with Gasteiger partial charge in [0.2, 0.25) is 0 Å². The van der Waals surface area contributed by atoms with Crippen molar-refractivity contribution in [2.45, 2.75) is 69.0 Å². The number of piperidine rings is 1. The zero-order valence-corrected chi connectivity index (χ0v) is 14.8. The molecule has 0 amide bonds. The van der Waals surface area contributed by atoms with E-state index in [1.807, 2.05) is 6.07 Å². The highest BCUT2D eigenvalue weighted by molar-refractivity contribution is 5.31. The Morgan fingerprint density at radius 3 is 2.58 bits per heavy atom. The Bertz CT molecular complexity index is 574. The maximum atomic E-state index is 12.4. The van der Waals surface area contributed by atoms with Crippen LogP contribution in [0.3, 0.4) is 0 Å². The lowest BCUT2D eigenvalue weighted by Crippen LogP contribution is -2.52. The van der Waals surface area contributed by atoms with Crippen LogP contribution in [0.15, 0.2) is 24.3 Å². The van der Waals surface area contributed by atoms with Gasteiger partial charge in [0, 0.05) is 12.1 Å². The van der Waals surface area contributed by atoms with Gasteiger partial charge in [-0.2, -0.15) is 0 Å². The van der Waals surface area contributed by atoms with Crippen molar-refractivity contribution in [2.24, 2.45) is 5.73 Å². The molecule has 2 fully saturated rings. The summed E-state index contributed by atoms with van der Waals surface area (Å²) in [5, 5.41) is 3.41. The summed E-state index contributed by atoms with van der Waals surface area (Å²) in [5.74, 6) is 0.104. The molecule has 1 aliphatic heterocycles. The Labute approximate surface area is 152 Å². The predicted molar refractivity (Wildman–Crippen MR) is 93.1 cm³/mol. The van der Waals surface area contributed by atoms with Gasteiger partial charge in [0.1, 0.15) is 5.75 Å². The van der Waals surface area contributed by atoms with E-state index in [1.165, 1.54) is 12.1 Å². The molecule has 0 aromatic heterocycles. The third-order valence-corrected chi connectivity index (χ3v) is 5.39. The lowest BCUT2D eigenvalue weighted by Gasteiger charge is -2.33. The Morgan fingerprint density at radius 2 is 1.88 bits per heavy atom. The monoisotopic (exact) mass is 372 g/mol. The smallest absolute Gasteiger partial charge is 0.406 e. The molecule has 2 atom stereocenters. The second-order valence-corrected chi connectivity index (χ2v) is 7.29. The number of halogens is 3. The minimum atomic E-state index is -4.65. The fraction of sp³-hybridized carbons (Fsp3) is 0.684.